The number of hydrogen-bond donors (Lipinski definition) is 1. The van der Waals surface area contributed by atoms with Crippen LogP contribution in [0.4, 0.5) is 5.69 Å². The Balaban J connectivity index is 1.59. The number of carbonyl (C=O) groups excluding carboxylic acids is 2. The molecule has 0 bridgehead atoms. The number of aromatic nitrogens is 4. The lowest BCUT2D eigenvalue weighted by atomic mass is 10.1. The third kappa shape index (κ3) is 3.95. The van der Waals surface area contributed by atoms with Crippen LogP contribution < -0.4 is 21.5 Å². The molecule has 0 saturated carbocycles. The number of furan rings is 1. The predicted molar refractivity (Wildman–Crippen MR) is 120 cm³/mol. The molecule has 3 aromatic heterocycles. The summed E-state index contributed by atoms with van der Waals surface area (Å²) in [5, 5.41) is 2.77. The first-order chi connectivity index (χ1) is 15.8. The SMILES string of the molecule is CN(C(=O)Cn1cnc2c1c(=O)n(C)c(=O)n2C)c1ccccc1C(=O)NCc1ccco1. The summed E-state index contributed by atoms with van der Waals surface area (Å²) in [6.45, 7) is 0.00363. The van der Waals surface area contributed by atoms with Crippen molar-refractivity contribution in [1.29, 1.82) is 0 Å². The summed E-state index contributed by atoms with van der Waals surface area (Å²) < 4.78 is 8.84. The lowest BCUT2D eigenvalue weighted by Gasteiger charge is -2.20. The van der Waals surface area contributed by atoms with Gasteiger partial charge in [-0.3, -0.25) is 23.5 Å². The number of nitrogens with zero attached hydrogens (tertiary/aromatic N) is 5. The summed E-state index contributed by atoms with van der Waals surface area (Å²) in [5.74, 6) is -0.136. The topological polar surface area (TPSA) is 124 Å². The smallest absolute Gasteiger partial charge is 0.332 e. The molecule has 1 N–H and O–H groups in total. The highest BCUT2D eigenvalue weighted by molar-refractivity contribution is 6.04. The number of benzene rings is 1. The second kappa shape index (κ2) is 8.61. The Kier molecular flexibility index (Phi) is 5.69. The maximum Gasteiger partial charge on any atom is 0.332 e. The molecule has 0 atom stereocenters. The highest BCUT2D eigenvalue weighted by Gasteiger charge is 2.21. The molecule has 0 spiro atoms. The fourth-order valence-electron chi connectivity index (χ4n) is 3.54. The van der Waals surface area contributed by atoms with Crippen molar-refractivity contribution in [3.63, 3.8) is 0 Å². The van der Waals surface area contributed by atoms with Gasteiger partial charge in [0.25, 0.3) is 11.5 Å². The van der Waals surface area contributed by atoms with Gasteiger partial charge in [0.05, 0.1) is 30.4 Å². The Bertz CT molecular complexity index is 1460. The summed E-state index contributed by atoms with van der Waals surface area (Å²) in [6, 6.07) is 10.2. The Hall–Kier alpha value is -4.41. The summed E-state index contributed by atoms with van der Waals surface area (Å²) in [4.78, 5) is 56.0. The van der Waals surface area contributed by atoms with Crippen molar-refractivity contribution in [1.82, 2.24) is 24.0 Å². The van der Waals surface area contributed by atoms with Gasteiger partial charge in [-0.05, 0) is 24.3 Å². The molecule has 3 heterocycles. The highest BCUT2D eigenvalue weighted by Crippen LogP contribution is 2.20. The quantitative estimate of drug-likeness (QED) is 0.459. The minimum Gasteiger partial charge on any atom is -0.467 e. The van der Waals surface area contributed by atoms with Crippen LogP contribution in [0.3, 0.4) is 0 Å². The first kappa shape index (κ1) is 21.8. The van der Waals surface area contributed by atoms with Gasteiger partial charge in [0, 0.05) is 21.1 Å². The van der Waals surface area contributed by atoms with E-state index in [0.29, 0.717) is 17.0 Å². The van der Waals surface area contributed by atoms with Gasteiger partial charge in [-0.15, -0.1) is 0 Å². The van der Waals surface area contributed by atoms with E-state index in [4.69, 9.17) is 4.42 Å². The molecule has 0 aliphatic heterocycles. The van der Waals surface area contributed by atoms with E-state index in [-0.39, 0.29) is 36.1 Å². The maximum atomic E-state index is 13.1. The lowest BCUT2D eigenvalue weighted by Crippen LogP contribution is -2.38. The van der Waals surface area contributed by atoms with Crippen molar-refractivity contribution in [2.24, 2.45) is 14.1 Å². The molecular formula is C22H22N6O5. The minimum atomic E-state index is -0.543. The number of rotatable bonds is 6. The summed E-state index contributed by atoms with van der Waals surface area (Å²) in [6.07, 6.45) is 2.87. The molecule has 0 unspecified atom stereocenters. The van der Waals surface area contributed by atoms with Gasteiger partial charge in [-0.25, -0.2) is 9.78 Å². The van der Waals surface area contributed by atoms with E-state index in [0.717, 1.165) is 4.57 Å². The lowest BCUT2D eigenvalue weighted by molar-refractivity contribution is -0.118. The van der Waals surface area contributed by atoms with Crippen molar-refractivity contribution in [2.45, 2.75) is 13.1 Å². The van der Waals surface area contributed by atoms with Gasteiger partial charge in [-0.2, -0.15) is 0 Å². The first-order valence-corrected chi connectivity index (χ1v) is 10.1. The van der Waals surface area contributed by atoms with E-state index in [1.165, 1.54) is 40.7 Å². The molecule has 33 heavy (non-hydrogen) atoms. The molecule has 1 aromatic carbocycles. The largest absolute Gasteiger partial charge is 0.467 e. The zero-order chi connectivity index (χ0) is 23.7. The van der Waals surface area contributed by atoms with E-state index < -0.39 is 11.2 Å². The van der Waals surface area contributed by atoms with Crippen LogP contribution in [-0.2, 0) is 32.0 Å². The molecule has 0 aliphatic carbocycles. The second-order valence-electron chi connectivity index (χ2n) is 7.48. The van der Waals surface area contributed by atoms with Gasteiger partial charge in [0.2, 0.25) is 5.91 Å². The number of likely N-dealkylation sites (N-methyl/N-ethyl adjacent to an activating group) is 1. The number of para-hydroxylation sites is 1. The Labute approximate surface area is 187 Å². The van der Waals surface area contributed by atoms with E-state index >= 15 is 0 Å². The zero-order valence-corrected chi connectivity index (χ0v) is 18.3. The highest BCUT2D eigenvalue weighted by atomic mass is 16.3. The predicted octanol–water partition coefficient (Wildman–Crippen LogP) is 0.620. The number of imidazole rings is 1. The first-order valence-electron chi connectivity index (χ1n) is 10.1. The summed E-state index contributed by atoms with van der Waals surface area (Å²) >= 11 is 0. The Morgan fingerprint density at radius 3 is 2.58 bits per heavy atom. The van der Waals surface area contributed by atoms with Gasteiger partial charge >= 0.3 is 5.69 Å². The summed E-state index contributed by atoms with van der Waals surface area (Å²) in [5.41, 5.74) is 0.00870. The van der Waals surface area contributed by atoms with Crippen LogP contribution in [0.2, 0.25) is 0 Å². The number of amides is 2. The molecular weight excluding hydrogens is 428 g/mol. The number of fused-ring (bicyclic) bond motifs is 1. The van der Waals surface area contributed by atoms with Crippen molar-refractivity contribution >= 4 is 28.7 Å². The number of anilines is 1. The van der Waals surface area contributed by atoms with Gasteiger partial charge in [-0.1, -0.05) is 12.1 Å². The van der Waals surface area contributed by atoms with Crippen molar-refractivity contribution < 1.29 is 14.0 Å². The summed E-state index contributed by atoms with van der Waals surface area (Å²) in [7, 11) is 4.42. The van der Waals surface area contributed by atoms with Crippen molar-refractivity contribution in [2.75, 3.05) is 11.9 Å². The number of hydrogen-bond acceptors (Lipinski definition) is 6. The second-order valence-corrected chi connectivity index (χ2v) is 7.48. The Morgan fingerprint density at radius 1 is 1.09 bits per heavy atom. The molecule has 4 aromatic rings. The molecule has 11 nitrogen and oxygen atoms in total. The molecule has 4 rings (SSSR count). The fraction of sp³-hybridized carbons (Fsp3) is 0.227. The van der Waals surface area contributed by atoms with Gasteiger partial charge in [0.15, 0.2) is 11.2 Å². The van der Waals surface area contributed by atoms with Crippen LogP contribution in [-0.4, -0.2) is 37.5 Å². The van der Waals surface area contributed by atoms with Crippen molar-refractivity contribution in [3.8, 4) is 0 Å². The van der Waals surface area contributed by atoms with Crippen LogP contribution in [0, 0.1) is 0 Å². The molecule has 2 amide bonds. The number of carbonyl (C=O) groups is 2. The average molecular weight is 450 g/mol. The molecule has 0 radical (unpaired) electrons. The molecule has 0 aliphatic rings. The standard InChI is InChI=1S/C22H22N6O5/c1-25(16-9-5-4-8-15(16)20(30)23-11-14-7-6-10-33-14)17(29)12-28-13-24-19-18(28)21(31)27(3)22(32)26(19)2/h4-10,13H,11-12H2,1-3H3,(H,23,30). The van der Waals surface area contributed by atoms with E-state index in [2.05, 4.69) is 10.3 Å². The van der Waals surface area contributed by atoms with Crippen LogP contribution in [0.15, 0.2) is 63.0 Å². The molecule has 0 saturated heterocycles. The van der Waals surface area contributed by atoms with Crippen LogP contribution in [0.25, 0.3) is 11.2 Å². The van der Waals surface area contributed by atoms with Gasteiger partial charge < -0.3 is 19.2 Å². The molecule has 11 heteroatoms. The van der Waals surface area contributed by atoms with Crippen molar-refractivity contribution in [3.05, 3.63) is 81.2 Å². The fourth-order valence-corrected chi connectivity index (χ4v) is 3.54. The van der Waals surface area contributed by atoms with Crippen LogP contribution in [0.1, 0.15) is 16.1 Å². The third-order valence-corrected chi connectivity index (χ3v) is 5.41. The van der Waals surface area contributed by atoms with E-state index in [1.54, 1.807) is 43.4 Å². The van der Waals surface area contributed by atoms with Gasteiger partial charge in [0.1, 0.15) is 12.3 Å². The third-order valence-electron chi connectivity index (χ3n) is 5.41. The number of nitrogens with one attached hydrogen (secondary N) is 1. The maximum absolute atomic E-state index is 13.1. The van der Waals surface area contributed by atoms with Crippen LogP contribution >= 0.6 is 0 Å². The molecule has 0 fully saturated rings. The van der Waals surface area contributed by atoms with Crippen LogP contribution in [0.5, 0.6) is 0 Å². The van der Waals surface area contributed by atoms with E-state index in [9.17, 15) is 19.2 Å². The normalized spacial score (nSPS) is 11.0. The monoisotopic (exact) mass is 450 g/mol. The zero-order valence-electron chi connectivity index (χ0n) is 18.3. The number of aryl methyl sites for hydroxylation is 1. The Morgan fingerprint density at radius 2 is 1.85 bits per heavy atom. The molecule has 170 valence electrons. The average Bonchev–Trinajstić information content (AvgIpc) is 3.49. The minimum absolute atomic E-state index is 0.144. The van der Waals surface area contributed by atoms with E-state index in [1.807, 2.05) is 0 Å².